The Kier molecular flexibility index (Phi) is 1.25. The largest absolute Gasteiger partial charge is 0.294 e. The molecule has 2 rings (SSSR count). The molecule has 4 heteroatoms. The number of carbonyl (C=O) groups excluding carboxylic acids is 1. The van der Waals surface area contributed by atoms with Gasteiger partial charge < -0.3 is 0 Å². The summed E-state index contributed by atoms with van der Waals surface area (Å²) >= 11 is 0. The van der Waals surface area contributed by atoms with Crippen molar-refractivity contribution in [3.05, 3.63) is 18.1 Å². The molecule has 0 saturated carbocycles. The minimum Gasteiger partial charge on any atom is -0.294 e. The summed E-state index contributed by atoms with van der Waals surface area (Å²) in [4.78, 5) is 22.6. The molecule has 1 aliphatic heterocycles. The van der Waals surface area contributed by atoms with Crippen molar-refractivity contribution >= 4 is 17.8 Å². The van der Waals surface area contributed by atoms with Crippen molar-refractivity contribution in [3.8, 4) is 0 Å². The molecule has 54 valence electrons. The first kappa shape index (κ1) is 6.15. The van der Waals surface area contributed by atoms with E-state index in [2.05, 4.69) is 15.0 Å². The van der Waals surface area contributed by atoms with Crippen molar-refractivity contribution < 1.29 is 4.79 Å². The van der Waals surface area contributed by atoms with Crippen molar-refractivity contribution in [2.75, 3.05) is 0 Å². The Labute approximate surface area is 63.0 Å². The maximum absolute atomic E-state index is 11.1. The van der Waals surface area contributed by atoms with Gasteiger partial charge in [0.1, 0.15) is 6.33 Å². The maximum atomic E-state index is 11.1. The fourth-order valence-corrected chi connectivity index (χ4v) is 0.948. The standard InChI is InChI=1S/C7H5N3O/c11-6-1-2-9-7-5(6)3-8-4-10-7/h2-4H,1H2. The van der Waals surface area contributed by atoms with E-state index in [-0.39, 0.29) is 5.78 Å². The summed E-state index contributed by atoms with van der Waals surface area (Å²) in [5.74, 6) is 0.520. The number of aliphatic imine (C=N–C) groups is 1. The van der Waals surface area contributed by atoms with E-state index in [9.17, 15) is 4.79 Å². The lowest BCUT2D eigenvalue weighted by atomic mass is 10.1. The van der Waals surface area contributed by atoms with E-state index in [0.717, 1.165) is 0 Å². The van der Waals surface area contributed by atoms with Crippen LogP contribution in [0.25, 0.3) is 0 Å². The number of aromatic nitrogens is 2. The quantitative estimate of drug-likeness (QED) is 0.544. The van der Waals surface area contributed by atoms with Gasteiger partial charge >= 0.3 is 0 Å². The Balaban J connectivity index is 2.63. The van der Waals surface area contributed by atoms with Crippen LogP contribution >= 0.6 is 0 Å². The molecule has 0 fully saturated rings. The van der Waals surface area contributed by atoms with Gasteiger partial charge in [-0.1, -0.05) is 0 Å². The summed E-state index contributed by atoms with van der Waals surface area (Å²) in [7, 11) is 0. The molecule has 0 atom stereocenters. The van der Waals surface area contributed by atoms with Gasteiger partial charge in [-0.15, -0.1) is 0 Å². The molecule has 0 bridgehead atoms. The molecule has 0 radical (unpaired) electrons. The molecule has 0 aliphatic carbocycles. The Morgan fingerprint density at radius 1 is 1.45 bits per heavy atom. The van der Waals surface area contributed by atoms with Crippen LogP contribution in [0.5, 0.6) is 0 Å². The summed E-state index contributed by atoms with van der Waals surface area (Å²) < 4.78 is 0. The molecule has 1 aromatic heterocycles. The highest BCUT2D eigenvalue weighted by molar-refractivity contribution is 6.08. The normalized spacial score (nSPS) is 14.7. The minimum absolute atomic E-state index is 0.0376. The fourth-order valence-electron chi connectivity index (χ4n) is 0.948. The molecular formula is C7H5N3O. The van der Waals surface area contributed by atoms with Crippen molar-refractivity contribution in [1.29, 1.82) is 0 Å². The van der Waals surface area contributed by atoms with Gasteiger partial charge in [0, 0.05) is 18.8 Å². The van der Waals surface area contributed by atoms with Gasteiger partial charge in [0.15, 0.2) is 11.6 Å². The number of hydrogen-bond donors (Lipinski definition) is 0. The zero-order valence-electron chi connectivity index (χ0n) is 5.69. The third-order valence-corrected chi connectivity index (χ3v) is 1.48. The van der Waals surface area contributed by atoms with Gasteiger partial charge in [-0.3, -0.25) is 4.79 Å². The molecule has 1 aromatic rings. The Hall–Kier alpha value is -1.58. The van der Waals surface area contributed by atoms with Gasteiger partial charge in [-0.2, -0.15) is 0 Å². The Morgan fingerprint density at radius 3 is 3.18 bits per heavy atom. The van der Waals surface area contributed by atoms with Crippen molar-refractivity contribution in [2.45, 2.75) is 6.42 Å². The zero-order valence-corrected chi connectivity index (χ0v) is 5.69. The number of Topliss-reactive ketones (excluding diaryl/α,β-unsaturated/α-hetero) is 1. The van der Waals surface area contributed by atoms with Crippen LogP contribution in [0.15, 0.2) is 17.5 Å². The van der Waals surface area contributed by atoms with E-state index >= 15 is 0 Å². The lowest BCUT2D eigenvalue weighted by Crippen LogP contribution is -2.05. The van der Waals surface area contributed by atoms with Crippen molar-refractivity contribution in [3.63, 3.8) is 0 Å². The summed E-state index contributed by atoms with van der Waals surface area (Å²) in [5, 5.41) is 0. The van der Waals surface area contributed by atoms with E-state index < -0.39 is 0 Å². The first-order chi connectivity index (χ1) is 5.38. The maximum Gasteiger partial charge on any atom is 0.173 e. The highest BCUT2D eigenvalue weighted by atomic mass is 16.1. The SMILES string of the molecule is O=C1CC=Nc2ncncc21. The number of rotatable bonds is 0. The molecule has 0 spiro atoms. The lowest BCUT2D eigenvalue weighted by molar-refractivity contribution is 0.100. The highest BCUT2D eigenvalue weighted by Crippen LogP contribution is 2.18. The zero-order chi connectivity index (χ0) is 7.68. The number of hydrogen-bond acceptors (Lipinski definition) is 4. The van der Waals surface area contributed by atoms with Gasteiger partial charge in [-0.25, -0.2) is 15.0 Å². The first-order valence-electron chi connectivity index (χ1n) is 3.23. The van der Waals surface area contributed by atoms with Gasteiger partial charge in [0.05, 0.1) is 5.56 Å². The molecule has 0 N–H and O–H groups in total. The summed E-state index contributed by atoms with van der Waals surface area (Å²) in [6, 6.07) is 0. The van der Waals surface area contributed by atoms with Gasteiger partial charge in [0.25, 0.3) is 0 Å². The molecule has 2 heterocycles. The number of ketones is 1. The third-order valence-electron chi connectivity index (χ3n) is 1.48. The topological polar surface area (TPSA) is 55.2 Å². The Bertz CT molecular complexity index is 332. The molecule has 0 aromatic carbocycles. The average molecular weight is 147 g/mol. The molecular weight excluding hydrogens is 142 g/mol. The molecule has 11 heavy (non-hydrogen) atoms. The van der Waals surface area contributed by atoms with Gasteiger partial charge in [0.2, 0.25) is 0 Å². The number of nitrogens with zero attached hydrogens (tertiary/aromatic N) is 3. The van der Waals surface area contributed by atoms with Crippen LogP contribution in [0.3, 0.4) is 0 Å². The second-order valence-corrected chi connectivity index (χ2v) is 2.20. The highest BCUT2D eigenvalue weighted by Gasteiger charge is 2.14. The molecule has 0 amide bonds. The second kappa shape index (κ2) is 2.23. The van der Waals surface area contributed by atoms with Crippen LogP contribution < -0.4 is 0 Å². The Morgan fingerprint density at radius 2 is 2.36 bits per heavy atom. The van der Waals surface area contributed by atoms with Crippen molar-refractivity contribution in [2.24, 2.45) is 4.99 Å². The molecule has 0 unspecified atom stereocenters. The predicted octanol–water partition coefficient (Wildman–Crippen LogP) is 0.765. The minimum atomic E-state index is 0.0376. The van der Waals surface area contributed by atoms with Crippen LogP contribution in [0.4, 0.5) is 5.82 Å². The van der Waals surface area contributed by atoms with E-state index in [1.165, 1.54) is 12.5 Å². The fraction of sp³-hybridized carbons (Fsp3) is 0.143. The molecule has 0 saturated heterocycles. The van der Waals surface area contributed by atoms with Crippen LogP contribution in [0.2, 0.25) is 0 Å². The van der Waals surface area contributed by atoms with E-state index in [0.29, 0.717) is 17.8 Å². The van der Waals surface area contributed by atoms with Crippen LogP contribution in [0.1, 0.15) is 16.8 Å². The lowest BCUT2D eigenvalue weighted by Gasteiger charge is -2.04. The van der Waals surface area contributed by atoms with E-state index in [1.54, 1.807) is 6.21 Å². The van der Waals surface area contributed by atoms with Crippen LogP contribution in [0, 0.1) is 0 Å². The molecule has 1 aliphatic rings. The average Bonchev–Trinajstić information content (AvgIpc) is 2.06. The smallest absolute Gasteiger partial charge is 0.173 e. The summed E-state index contributed by atoms with van der Waals surface area (Å²) in [5.41, 5.74) is 0.523. The predicted molar refractivity (Wildman–Crippen MR) is 39.1 cm³/mol. The van der Waals surface area contributed by atoms with E-state index in [1.807, 2.05) is 0 Å². The number of fused-ring (bicyclic) bond motifs is 1. The third kappa shape index (κ3) is 0.920. The van der Waals surface area contributed by atoms with Crippen LogP contribution in [-0.2, 0) is 0 Å². The first-order valence-corrected chi connectivity index (χ1v) is 3.23. The summed E-state index contributed by atoms with van der Waals surface area (Å²) in [6.07, 6.45) is 4.81. The van der Waals surface area contributed by atoms with Gasteiger partial charge in [-0.05, 0) is 0 Å². The number of carbonyl (C=O) groups is 1. The molecule has 4 nitrogen and oxygen atoms in total. The van der Waals surface area contributed by atoms with Crippen LogP contribution in [-0.4, -0.2) is 22.0 Å². The van der Waals surface area contributed by atoms with E-state index in [4.69, 9.17) is 0 Å². The second-order valence-electron chi connectivity index (χ2n) is 2.20. The summed E-state index contributed by atoms with van der Waals surface area (Å²) in [6.45, 7) is 0. The monoisotopic (exact) mass is 147 g/mol. The van der Waals surface area contributed by atoms with Crippen molar-refractivity contribution in [1.82, 2.24) is 9.97 Å².